The number of hydrogen-bond acceptors (Lipinski definition) is 2. The van der Waals surface area contributed by atoms with Crippen molar-refractivity contribution in [2.75, 3.05) is 13.1 Å². The van der Waals surface area contributed by atoms with Crippen molar-refractivity contribution >= 4 is 5.91 Å². The second kappa shape index (κ2) is 8.00. The van der Waals surface area contributed by atoms with Gasteiger partial charge in [0, 0.05) is 29.4 Å². The lowest BCUT2D eigenvalue weighted by molar-refractivity contribution is 0.0776. The van der Waals surface area contributed by atoms with E-state index < -0.39 is 0 Å². The van der Waals surface area contributed by atoms with Crippen molar-refractivity contribution in [1.29, 1.82) is 0 Å². The molecule has 0 aliphatic carbocycles. The molecule has 1 heterocycles. The average Bonchev–Trinajstić information content (AvgIpc) is 2.53. The zero-order valence-corrected chi connectivity index (χ0v) is 13.4. The van der Waals surface area contributed by atoms with E-state index in [2.05, 4.69) is 16.8 Å². The molecule has 4 nitrogen and oxygen atoms in total. The van der Waals surface area contributed by atoms with Crippen LogP contribution in [0.1, 0.15) is 35.0 Å². The van der Waals surface area contributed by atoms with E-state index in [4.69, 9.17) is 0 Å². The number of aromatic amines is 1. The van der Waals surface area contributed by atoms with Gasteiger partial charge in [-0.15, -0.1) is 0 Å². The third-order valence-electron chi connectivity index (χ3n) is 3.28. The largest absolute Gasteiger partial charge is 0.327 e. The topological polar surface area (TPSA) is 53.2 Å². The fourth-order valence-corrected chi connectivity index (χ4v) is 2.27. The van der Waals surface area contributed by atoms with Gasteiger partial charge in [-0.25, -0.2) is 0 Å². The summed E-state index contributed by atoms with van der Waals surface area (Å²) in [6.07, 6.45) is 0.834. The normalized spacial score (nSPS) is 9.83. The van der Waals surface area contributed by atoms with Crippen molar-refractivity contribution in [2.45, 2.75) is 20.3 Å². The first-order chi connectivity index (χ1) is 11.1. The number of nitrogens with one attached hydrogen (secondary N) is 1. The van der Waals surface area contributed by atoms with Crippen molar-refractivity contribution in [3.63, 3.8) is 0 Å². The summed E-state index contributed by atoms with van der Waals surface area (Å²) in [5, 5.41) is 0. The number of nitrogens with zero attached hydrogens (tertiary/aromatic N) is 1. The number of pyridine rings is 1. The molecular weight excluding hydrogens is 288 g/mol. The van der Waals surface area contributed by atoms with Crippen molar-refractivity contribution in [2.24, 2.45) is 0 Å². The Morgan fingerprint density at radius 3 is 2.61 bits per heavy atom. The lowest BCUT2D eigenvalue weighted by atomic mass is 10.2. The molecule has 0 saturated heterocycles. The Morgan fingerprint density at radius 1 is 1.22 bits per heavy atom. The Balaban J connectivity index is 2.16. The SMILES string of the molecule is CCCN(CC#Cc1ccccc1)C(=O)c1cc(C)[nH]c(=O)c1. The summed E-state index contributed by atoms with van der Waals surface area (Å²) in [5.41, 5.74) is 1.73. The Kier molecular flexibility index (Phi) is 5.76. The molecule has 0 aliphatic rings. The van der Waals surface area contributed by atoms with Crippen LogP contribution in [0.25, 0.3) is 0 Å². The number of rotatable bonds is 4. The van der Waals surface area contributed by atoms with Crippen LogP contribution < -0.4 is 5.56 Å². The minimum absolute atomic E-state index is 0.164. The zero-order valence-electron chi connectivity index (χ0n) is 13.4. The van der Waals surface area contributed by atoms with Gasteiger partial charge in [0.15, 0.2) is 0 Å². The molecule has 2 rings (SSSR count). The van der Waals surface area contributed by atoms with Gasteiger partial charge in [0.2, 0.25) is 5.56 Å². The van der Waals surface area contributed by atoms with Gasteiger partial charge in [0.25, 0.3) is 5.91 Å². The van der Waals surface area contributed by atoms with E-state index in [9.17, 15) is 9.59 Å². The molecule has 0 saturated carbocycles. The van der Waals surface area contributed by atoms with Gasteiger partial charge < -0.3 is 9.88 Å². The van der Waals surface area contributed by atoms with Crippen LogP contribution in [0.5, 0.6) is 0 Å². The highest BCUT2D eigenvalue weighted by Crippen LogP contribution is 2.05. The summed E-state index contributed by atoms with van der Waals surface area (Å²) in [4.78, 5) is 28.4. The highest BCUT2D eigenvalue weighted by Gasteiger charge is 2.14. The summed E-state index contributed by atoms with van der Waals surface area (Å²) < 4.78 is 0. The van der Waals surface area contributed by atoms with Crippen LogP contribution in [0, 0.1) is 18.8 Å². The van der Waals surface area contributed by atoms with E-state index in [-0.39, 0.29) is 11.5 Å². The van der Waals surface area contributed by atoms with E-state index in [1.807, 2.05) is 37.3 Å². The van der Waals surface area contributed by atoms with Crippen LogP contribution in [0.3, 0.4) is 0 Å². The second-order valence-electron chi connectivity index (χ2n) is 5.31. The molecule has 0 aliphatic heterocycles. The van der Waals surface area contributed by atoms with Crippen molar-refractivity contribution < 1.29 is 4.79 Å². The van der Waals surface area contributed by atoms with E-state index in [1.54, 1.807) is 17.9 Å². The molecule has 1 aromatic carbocycles. The highest BCUT2D eigenvalue weighted by atomic mass is 16.2. The predicted molar refractivity (Wildman–Crippen MR) is 91.3 cm³/mol. The summed E-state index contributed by atoms with van der Waals surface area (Å²) in [5.74, 6) is 5.92. The summed E-state index contributed by atoms with van der Waals surface area (Å²) in [7, 11) is 0. The fourth-order valence-electron chi connectivity index (χ4n) is 2.27. The Bertz CT molecular complexity index is 782. The van der Waals surface area contributed by atoms with Crippen LogP contribution in [0.2, 0.25) is 0 Å². The van der Waals surface area contributed by atoms with Gasteiger partial charge >= 0.3 is 0 Å². The predicted octanol–water partition coefficient (Wildman–Crippen LogP) is 2.59. The molecule has 1 amide bonds. The van der Waals surface area contributed by atoms with Gasteiger partial charge in [-0.05, 0) is 31.5 Å². The molecule has 0 unspecified atom stereocenters. The molecule has 1 aromatic heterocycles. The van der Waals surface area contributed by atoms with Gasteiger partial charge in [0.05, 0.1) is 6.54 Å². The molecule has 0 spiro atoms. The number of aromatic nitrogens is 1. The number of amides is 1. The van der Waals surface area contributed by atoms with E-state index >= 15 is 0 Å². The van der Waals surface area contributed by atoms with Crippen molar-refractivity contribution in [3.8, 4) is 11.8 Å². The molecule has 0 fully saturated rings. The number of aryl methyl sites for hydroxylation is 1. The molecule has 23 heavy (non-hydrogen) atoms. The number of carbonyl (C=O) groups is 1. The molecule has 2 aromatic rings. The lowest BCUT2D eigenvalue weighted by Gasteiger charge is -2.19. The minimum atomic E-state index is -0.264. The first-order valence-electron chi connectivity index (χ1n) is 7.64. The quantitative estimate of drug-likeness (QED) is 0.883. The minimum Gasteiger partial charge on any atom is -0.327 e. The van der Waals surface area contributed by atoms with Gasteiger partial charge in [-0.2, -0.15) is 0 Å². The highest BCUT2D eigenvalue weighted by molar-refractivity contribution is 5.94. The summed E-state index contributed by atoms with van der Waals surface area (Å²) in [6, 6.07) is 12.7. The number of benzene rings is 1. The maximum Gasteiger partial charge on any atom is 0.254 e. The number of carbonyl (C=O) groups excluding carboxylic acids is 1. The smallest absolute Gasteiger partial charge is 0.254 e. The van der Waals surface area contributed by atoms with Crippen LogP contribution >= 0.6 is 0 Å². The molecule has 0 radical (unpaired) electrons. The monoisotopic (exact) mass is 308 g/mol. The third-order valence-corrected chi connectivity index (χ3v) is 3.28. The molecule has 1 N–H and O–H groups in total. The third kappa shape index (κ3) is 4.86. The fraction of sp³-hybridized carbons (Fsp3) is 0.263. The van der Waals surface area contributed by atoms with Crippen LogP contribution in [0.4, 0.5) is 0 Å². The Labute approximate surface area is 136 Å². The Morgan fingerprint density at radius 2 is 1.96 bits per heavy atom. The molecule has 118 valence electrons. The van der Waals surface area contributed by atoms with Gasteiger partial charge in [-0.1, -0.05) is 37.0 Å². The van der Waals surface area contributed by atoms with Crippen molar-refractivity contribution in [1.82, 2.24) is 9.88 Å². The van der Waals surface area contributed by atoms with Crippen molar-refractivity contribution in [3.05, 3.63) is 69.6 Å². The maximum absolute atomic E-state index is 12.6. The van der Waals surface area contributed by atoms with Crippen LogP contribution in [0.15, 0.2) is 47.3 Å². The maximum atomic E-state index is 12.6. The first kappa shape index (κ1) is 16.6. The van der Waals surface area contributed by atoms with Gasteiger partial charge in [0.1, 0.15) is 0 Å². The van der Waals surface area contributed by atoms with E-state index in [0.717, 1.165) is 12.0 Å². The lowest BCUT2D eigenvalue weighted by Crippen LogP contribution is -2.33. The molecule has 4 heteroatoms. The number of hydrogen-bond donors (Lipinski definition) is 1. The Hall–Kier alpha value is -2.80. The number of H-pyrrole nitrogens is 1. The standard InChI is InChI=1S/C19H20N2O2/c1-3-11-21(12-7-10-16-8-5-4-6-9-16)19(23)17-13-15(2)20-18(22)14-17/h4-6,8-9,13-14H,3,11-12H2,1-2H3,(H,20,22). The first-order valence-corrected chi connectivity index (χ1v) is 7.64. The zero-order chi connectivity index (χ0) is 16.7. The van der Waals surface area contributed by atoms with Crippen LogP contribution in [-0.2, 0) is 0 Å². The average molecular weight is 308 g/mol. The summed E-state index contributed by atoms with van der Waals surface area (Å²) in [6.45, 7) is 4.72. The van der Waals surface area contributed by atoms with Gasteiger partial charge in [-0.3, -0.25) is 9.59 Å². The summed E-state index contributed by atoms with van der Waals surface area (Å²) >= 11 is 0. The molecular formula is C19H20N2O2. The van der Waals surface area contributed by atoms with Crippen LogP contribution in [-0.4, -0.2) is 28.9 Å². The molecule has 0 bridgehead atoms. The van der Waals surface area contributed by atoms with E-state index in [0.29, 0.717) is 24.3 Å². The second-order valence-corrected chi connectivity index (χ2v) is 5.31. The molecule has 0 atom stereocenters. The van der Waals surface area contributed by atoms with E-state index in [1.165, 1.54) is 6.07 Å².